The van der Waals surface area contributed by atoms with Crippen LogP contribution in [0.15, 0.2) is 30.3 Å². The first-order valence-electron chi connectivity index (χ1n) is 6.34. The quantitative estimate of drug-likeness (QED) is 0.716. The highest BCUT2D eigenvalue weighted by molar-refractivity contribution is 5.79. The maximum absolute atomic E-state index is 11.8. The predicted molar refractivity (Wildman–Crippen MR) is 72.9 cm³/mol. The summed E-state index contributed by atoms with van der Waals surface area (Å²) in [5, 5.41) is 0. The molecule has 0 aromatic heterocycles. The Balaban J connectivity index is 2.81. The van der Waals surface area contributed by atoms with Crippen molar-refractivity contribution in [3.05, 3.63) is 35.9 Å². The van der Waals surface area contributed by atoms with E-state index in [1.165, 1.54) is 14.2 Å². The molecule has 0 saturated heterocycles. The van der Waals surface area contributed by atoms with E-state index in [-0.39, 0.29) is 12.5 Å². The van der Waals surface area contributed by atoms with Gasteiger partial charge in [0.05, 0.1) is 32.7 Å². The van der Waals surface area contributed by atoms with Crippen molar-refractivity contribution in [3.8, 4) is 0 Å². The van der Waals surface area contributed by atoms with Gasteiger partial charge in [0.25, 0.3) is 0 Å². The number of ether oxygens (including phenoxy) is 3. The minimum atomic E-state index is -0.586. The maximum Gasteiger partial charge on any atom is 0.309 e. The van der Waals surface area contributed by atoms with Gasteiger partial charge in [0.15, 0.2) is 0 Å². The molecular weight excluding hydrogens is 260 g/mol. The first kappa shape index (κ1) is 16.2. The van der Waals surface area contributed by atoms with Gasteiger partial charge >= 0.3 is 11.9 Å². The van der Waals surface area contributed by atoms with Crippen LogP contribution in [0.3, 0.4) is 0 Å². The van der Waals surface area contributed by atoms with E-state index in [2.05, 4.69) is 4.74 Å². The average molecular weight is 280 g/mol. The van der Waals surface area contributed by atoms with Gasteiger partial charge in [-0.3, -0.25) is 9.59 Å². The number of carbonyl (C=O) groups excluding carboxylic acids is 2. The van der Waals surface area contributed by atoms with Crippen molar-refractivity contribution in [2.75, 3.05) is 21.3 Å². The molecule has 0 N–H and O–H groups in total. The molecule has 5 nitrogen and oxygen atoms in total. The van der Waals surface area contributed by atoms with Gasteiger partial charge in [0.1, 0.15) is 0 Å². The Morgan fingerprint density at radius 3 is 2.20 bits per heavy atom. The molecule has 0 fully saturated rings. The number of hydrogen-bond acceptors (Lipinski definition) is 5. The van der Waals surface area contributed by atoms with Crippen LogP contribution >= 0.6 is 0 Å². The standard InChI is InChI=1S/C15H20O5/c1-18-13(11-7-5-4-6-8-11)9-12(15(17)20-3)10-14(16)19-2/h4-8,12-13H,9-10H2,1-3H3. The van der Waals surface area contributed by atoms with Crippen molar-refractivity contribution in [1.82, 2.24) is 0 Å². The highest BCUT2D eigenvalue weighted by Crippen LogP contribution is 2.27. The van der Waals surface area contributed by atoms with Crippen molar-refractivity contribution in [3.63, 3.8) is 0 Å². The fourth-order valence-corrected chi connectivity index (χ4v) is 2.01. The summed E-state index contributed by atoms with van der Waals surface area (Å²) in [5.74, 6) is -1.46. The Morgan fingerprint density at radius 1 is 1.05 bits per heavy atom. The lowest BCUT2D eigenvalue weighted by Gasteiger charge is -2.20. The molecular formula is C15H20O5. The molecule has 0 heterocycles. The summed E-state index contributed by atoms with van der Waals surface area (Å²) in [7, 11) is 4.17. The van der Waals surface area contributed by atoms with Crippen LogP contribution in [0.2, 0.25) is 0 Å². The lowest BCUT2D eigenvalue weighted by molar-refractivity contribution is -0.153. The predicted octanol–water partition coefficient (Wildman–Crippen LogP) is 2.12. The van der Waals surface area contributed by atoms with Gasteiger partial charge in [0, 0.05) is 7.11 Å². The van der Waals surface area contributed by atoms with Crippen LogP contribution in [0.1, 0.15) is 24.5 Å². The normalized spacial score (nSPS) is 13.3. The molecule has 20 heavy (non-hydrogen) atoms. The smallest absolute Gasteiger partial charge is 0.309 e. The average Bonchev–Trinajstić information content (AvgIpc) is 2.51. The summed E-state index contributed by atoms with van der Waals surface area (Å²) in [6, 6.07) is 9.54. The van der Waals surface area contributed by atoms with Crippen molar-refractivity contribution >= 4 is 11.9 Å². The molecule has 0 radical (unpaired) electrons. The lowest BCUT2D eigenvalue weighted by Crippen LogP contribution is -2.23. The highest BCUT2D eigenvalue weighted by Gasteiger charge is 2.27. The summed E-state index contributed by atoms with van der Waals surface area (Å²) < 4.78 is 14.8. The molecule has 0 aliphatic carbocycles. The van der Waals surface area contributed by atoms with E-state index in [0.29, 0.717) is 6.42 Å². The largest absolute Gasteiger partial charge is 0.469 e. The first-order valence-corrected chi connectivity index (χ1v) is 6.34. The minimum Gasteiger partial charge on any atom is -0.469 e. The molecule has 0 aliphatic heterocycles. The monoisotopic (exact) mass is 280 g/mol. The topological polar surface area (TPSA) is 61.8 Å². The van der Waals surface area contributed by atoms with Crippen molar-refractivity contribution in [1.29, 1.82) is 0 Å². The number of esters is 2. The maximum atomic E-state index is 11.8. The summed E-state index contributed by atoms with van der Waals surface area (Å²) in [6.45, 7) is 0. The molecule has 0 saturated carbocycles. The fourth-order valence-electron chi connectivity index (χ4n) is 2.01. The Morgan fingerprint density at radius 2 is 1.70 bits per heavy atom. The first-order chi connectivity index (χ1) is 9.62. The van der Waals surface area contributed by atoms with Crippen LogP contribution in [-0.4, -0.2) is 33.3 Å². The van der Waals surface area contributed by atoms with E-state index in [0.717, 1.165) is 5.56 Å². The molecule has 1 aromatic rings. The van der Waals surface area contributed by atoms with Gasteiger partial charge in [-0.05, 0) is 12.0 Å². The van der Waals surface area contributed by atoms with Gasteiger partial charge in [-0.25, -0.2) is 0 Å². The van der Waals surface area contributed by atoms with Gasteiger partial charge in [-0.2, -0.15) is 0 Å². The Kier molecular flexibility index (Phi) is 6.73. The number of carbonyl (C=O) groups is 2. The van der Waals surface area contributed by atoms with Crippen LogP contribution in [0.5, 0.6) is 0 Å². The van der Waals surface area contributed by atoms with Gasteiger partial charge < -0.3 is 14.2 Å². The van der Waals surface area contributed by atoms with Gasteiger partial charge in [-0.15, -0.1) is 0 Å². The molecule has 1 rings (SSSR count). The molecule has 110 valence electrons. The lowest BCUT2D eigenvalue weighted by atomic mass is 9.94. The Hall–Kier alpha value is -1.88. The zero-order valence-electron chi connectivity index (χ0n) is 12.0. The summed E-state index contributed by atoms with van der Waals surface area (Å²) in [6.07, 6.45) is 0.0722. The second kappa shape index (κ2) is 8.32. The van der Waals surface area contributed by atoms with Crippen LogP contribution in [-0.2, 0) is 23.8 Å². The summed E-state index contributed by atoms with van der Waals surface area (Å²) >= 11 is 0. The van der Waals surface area contributed by atoms with Crippen LogP contribution in [0, 0.1) is 5.92 Å². The molecule has 2 unspecified atom stereocenters. The Bertz CT molecular complexity index is 429. The molecule has 0 amide bonds. The number of rotatable bonds is 7. The Labute approximate surface area is 118 Å². The van der Waals surface area contributed by atoms with E-state index in [4.69, 9.17) is 9.47 Å². The highest BCUT2D eigenvalue weighted by atomic mass is 16.5. The molecule has 2 atom stereocenters. The van der Waals surface area contributed by atoms with Gasteiger partial charge in [0.2, 0.25) is 0 Å². The van der Waals surface area contributed by atoms with E-state index in [1.54, 1.807) is 7.11 Å². The molecule has 0 bridgehead atoms. The SMILES string of the molecule is COC(=O)CC(CC(OC)c1ccccc1)C(=O)OC. The van der Waals surface area contributed by atoms with Gasteiger partial charge in [-0.1, -0.05) is 30.3 Å². The fraction of sp³-hybridized carbons (Fsp3) is 0.467. The second-order valence-corrected chi connectivity index (χ2v) is 4.37. The third-order valence-electron chi connectivity index (χ3n) is 3.13. The zero-order chi connectivity index (χ0) is 15.0. The van der Waals surface area contributed by atoms with E-state index < -0.39 is 17.9 Å². The third-order valence-corrected chi connectivity index (χ3v) is 3.13. The summed E-state index contributed by atoms with van der Waals surface area (Å²) in [5.41, 5.74) is 0.953. The number of hydrogen-bond donors (Lipinski definition) is 0. The zero-order valence-corrected chi connectivity index (χ0v) is 12.0. The van der Waals surface area contributed by atoms with E-state index >= 15 is 0 Å². The number of methoxy groups -OCH3 is 3. The van der Waals surface area contributed by atoms with Crippen molar-refractivity contribution in [2.45, 2.75) is 18.9 Å². The minimum absolute atomic E-state index is 0.0180. The van der Waals surface area contributed by atoms with Crippen LogP contribution in [0.4, 0.5) is 0 Å². The molecule has 0 aliphatic rings. The summed E-state index contributed by atoms with van der Waals surface area (Å²) in [4.78, 5) is 23.1. The molecule has 1 aromatic carbocycles. The third kappa shape index (κ3) is 4.66. The van der Waals surface area contributed by atoms with Crippen LogP contribution in [0.25, 0.3) is 0 Å². The van der Waals surface area contributed by atoms with Crippen molar-refractivity contribution < 1.29 is 23.8 Å². The van der Waals surface area contributed by atoms with E-state index in [9.17, 15) is 9.59 Å². The van der Waals surface area contributed by atoms with Crippen molar-refractivity contribution in [2.24, 2.45) is 5.92 Å². The van der Waals surface area contributed by atoms with E-state index in [1.807, 2.05) is 30.3 Å². The van der Waals surface area contributed by atoms with Crippen LogP contribution < -0.4 is 0 Å². The number of benzene rings is 1. The second-order valence-electron chi connectivity index (χ2n) is 4.37. The molecule has 0 spiro atoms. The molecule has 5 heteroatoms.